The summed E-state index contributed by atoms with van der Waals surface area (Å²) in [6.45, 7) is 6.61. The van der Waals surface area contributed by atoms with Crippen LogP contribution in [0.25, 0.3) is 0 Å². The summed E-state index contributed by atoms with van der Waals surface area (Å²) >= 11 is 0. The highest BCUT2D eigenvalue weighted by molar-refractivity contribution is 5.93. The van der Waals surface area contributed by atoms with E-state index in [0.717, 1.165) is 30.0 Å². The summed E-state index contributed by atoms with van der Waals surface area (Å²) in [5.74, 6) is 1.51. The second-order valence-corrected chi connectivity index (χ2v) is 6.40. The van der Waals surface area contributed by atoms with E-state index in [4.69, 9.17) is 4.74 Å². The molecule has 1 N–H and O–H groups in total. The molecule has 1 aromatic carbocycles. The maximum Gasteiger partial charge on any atom is 0.254 e. The van der Waals surface area contributed by atoms with Crippen LogP contribution in [0.15, 0.2) is 30.6 Å². The van der Waals surface area contributed by atoms with Crippen molar-refractivity contribution in [3.05, 3.63) is 53.1 Å². The lowest BCUT2D eigenvalue weighted by molar-refractivity contribution is 0.0950. The molecule has 3 rings (SSSR count). The highest BCUT2D eigenvalue weighted by Gasteiger charge is 2.29. The average molecular weight is 311 g/mol. The minimum absolute atomic E-state index is 0.150. The van der Waals surface area contributed by atoms with Gasteiger partial charge in [-0.05, 0) is 31.0 Å². The van der Waals surface area contributed by atoms with E-state index in [9.17, 15) is 4.79 Å². The van der Waals surface area contributed by atoms with Gasteiger partial charge in [-0.1, -0.05) is 19.1 Å². The van der Waals surface area contributed by atoms with Crippen LogP contribution < -0.4 is 10.1 Å². The monoisotopic (exact) mass is 311 g/mol. The molecule has 1 aliphatic rings. The van der Waals surface area contributed by atoms with Crippen LogP contribution in [-0.2, 0) is 19.4 Å². The standard InChI is InChI=1S/C18H21N3O2/c1-4-16-19-10-14(11-20-16)17(22)21-9-12-5-6-15-13(7-12)8-18(2,3)23-15/h5-7,10-11H,4,8-9H2,1-3H3,(H,21,22). The Morgan fingerprint density at radius 3 is 2.74 bits per heavy atom. The predicted molar refractivity (Wildman–Crippen MR) is 87.4 cm³/mol. The van der Waals surface area contributed by atoms with Crippen molar-refractivity contribution in [3.8, 4) is 5.75 Å². The van der Waals surface area contributed by atoms with Gasteiger partial charge >= 0.3 is 0 Å². The van der Waals surface area contributed by atoms with Crippen molar-refractivity contribution in [1.29, 1.82) is 0 Å². The van der Waals surface area contributed by atoms with E-state index in [1.807, 2.05) is 19.1 Å². The van der Waals surface area contributed by atoms with Crippen LogP contribution in [0.3, 0.4) is 0 Å². The fourth-order valence-electron chi connectivity index (χ4n) is 2.71. The Morgan fingerprint density at radius 2 is 2.04 bits per heavy atom. The van der Waals surface area contributed by atoms with Crippen molar-refractivity contribution in [2.45, 2.75) is 45.8 Å². The van der Waals surface area contributed by atoms with Crippen molar-refractivity contribution in [1.82, 2.24) is 15.3 Å². The first kappa shape index (κ1) is 15.5. The first-order valence-electron chi connectivity index (χ1n) is 7.87. The Hall–Kier alpha value is -2.43. The predicted octanol–water partition coefficient (Wildman–Crippen LogP) is 2.68. The number of aryl methyl sites for hydroxylation is 1. The lowest BCUT2D eigenvalue weighted by atomic mass is 10.0. The molecule has 0 unspecified atom stereocenters. The lowest BCUT2D eigenvalue weighted by Crippen LogP contribution is -2.24. The van der Waals surface area contributed by atoms with Gasteiger partial charge in [0.1, 0.15) is 17.2 Å². The Kier molecular flexibility index (Phi) is 4.03. The molecule has 5 nitrogen and oxygen atoms in total. The molecule has 0 spiro atoms. The number of nitrogens with zero attached hydrogens (tertiary/aromatic N) is 2. The molecule has 1 aromatic heterocycles. The Morgan fingerprint density at radius 1 is 1.30 bits per heavy atom. The third-order valence-electron chi connectivity index (χ3n) is 3.86. The first-order valence-corrected chi connectivity index (χ1v) is 7.87. The molecule has 5 heteroatoms. The smallest absolute Gasteiger partial charge is 0.254 e. The lowest BCUT2D eigenvalue weighted by Gasteiger charge is -2.16. The molecule has 2 aromatic rings. The van der Waals surface area contributed by atoms with Crippen LogP contribution in [-0.4, -0.2) is 21.5 Å². The van der Waals surface area contributed by atoms with Gasteiger partial charge in [0.25, 0.3) is 5.91 Å². The van der Waals surface area contributed by atoms with Crippen LogP contribution in [0.2, 0.25) is 0 Å². The number of fused-ring (bicyclic) bond motifs is 1. The van der Waals surface area contributed by atoms with Crippen molar-refractivity contribution < 1.29 is 9.53 Å². The third kappa shape index (κ3) is 3.50. The molecule has 2 heterocycles. The van der Waals surface area contributed by atoms with Crippen LogP contribution in [0.1, 0.15) is 48.1 Å². The third-order valence-corrected chi connectivity index (χ3v) is 3.86. The number of carbonyl (C=O) groups excluding carboxylic acids is 1. The first-order chi connectivity index (χ1) is 11.0. The van der Waals surface area contributed by atoms with Crippen molar-refractivity contribution in [3.63, 3.8) is 0 Å². The number of benzene rings is 1. The summed E-state index contributed by atoms with van der Waals surface area (Å²) in [4.78, 5) is 20.4. The van der Waals surface area contributed by atoms with E-state index in [1.165, 1.54) is 5.56 Å². The van der Waals surface area contributed by atoms with E-state index >= 15 is 0 Å². The summed E-state index contributed by atoms with van der Waals surface area (Å²) in [5.41, 5.74) is 2.58. The molecule has 23 heavy (non-hydrogen) atoms. The SMILES string of the molecule is CCc1ncc(C(=O)NCc2ccc3c(c2)CC(C)(C)O3)cn1. The van der Waals surface area contributed by atoms with E-state index in [2.05, 4.69) is 35.2 Å². The summed E-state index contributed by atoms with van der Waals surface area (Å²) in [6.07, 6.45) is 4.78. The number of hydrogen-bond donors (Lipinski definition) is 1. The average Bonchev–Trinajstić information content (AvgIpc) is 2.85. The zero-order valence-corrected chi connectivity index (χ0v) is 13.7. The summed E-state index contributed by atoms with van der Waals surface area (Å²) in [5, 5.41) is 2.90. The Bertz CT molecular complexity index is 724. The van der Waals surface area contributed by atoms with Crippen LogP contribution >= 0.6 is 0 Å². The number of carbonyl (C=O) groups is 1. The van der Waals surface area contributed by atoms with E-state index in [-0.39, 0.29) is 11.5 Å². The van der Waals surface area contributed by atoms with Crippen molar-refractivity contribution in [2.75, 3.05) is 0 Å². The van der Waals surface area contributed by atoms with Gasteiger partial charge < -0.3 is 10.1 Å². The van der Waals surface area contributed by atoms with Crippen LogP contribution in [0.4, 0.5) is 0 Å². The van der Waals surface area contributed by atoms with E-state index in [0.29, 0.717) is 12.1 Å². The Labute approximate surface area is 136 Å². The molecular weight excluding hydrogens is 290 g/mol. The van der Waals surface area contributed by atoms with Crippen LogP contribution in [0, 0.1) is 0 Å². The number of rotatable bonds is 4. The van der Waals surface area contributed by atoms with E-state index in [1.54, 1.807) is 12.4 Å². The fraction of sp³-hybridized carbons (Fsp3) is 0.389. The number of amides is 1. The zero-order valence-electron chi connectivity index (χ0n) is 13.7. The van der Waals surface area contributed by atoms with Gasteiger partial charge in [-0.15, -0.1) is 0 Å². The Balaban J connectivity index is 1.63. The summed E-state index contributed by atoms with van der Waals surface area (Å²) in [6, 6.07) is 6.06. The topological polar surface area (TPSA) is 64.1 Å². The normalized spacial score (nSPS) is 14.9. The molecule has 0 aliphatic carbocycles. The summed E-state index contributed by atoms with van der Waals surface area (Å²) < 4.78 is 5.86. The molecule has 1 amide bonds. The molecule has 0 bridgehead atoms. The molecule has 1 aliphatic heterocycles. The van der Waals surface area contributed by atoms with Crippen molar-refractivity contribution in [2.24, 2.45) is 0 Å². The number of aromatic nitrogens is 2. The number of ether oxygens (including phenoxy) is 1. The fourth-order valence-corrected chi connectivity index (χ4v) is 2.71. The minimum Gasteiger partial charge on any atom is -0.487 e. The van der Waals surface area contributed by atoms with Gasteiger partial charge in [0.2, 0.25) is 0 Å². The van der Waals surface area contributed by atoms with Gasteiger partial charge in [0.05, 0.1) is 5.56 Å². The zero-order chi connectivity index (χ0) is 16.4. The van der Waals surface area contributed by atoms with E-state index < -0.39 is 0 Å². The molecule has 0 saturated carbocycles. The maximum absolute atomic E-state index is 12.1. The molecule has 0 fully saturated rings. The van der Waals surface area contributed by atoms with Crippen LogP contribution in [0.5, 0.6) is 5.75 Å². The van der Waals surface area contributed by atoms with Gasteiger partial charge in [0, 0.05) is 31.8 Å². The largest absolute Gasteiger partial charge is 0.487 e. The van der Waals surface area contributed by atoms with Gasteiger partial charge in [0.15, 0.2) is 0 Å². The second kappa shape index (κ2) is 5.99. The number of hydrogen-bond acceptors (Lipinski definition) is 4. The second-order valence-electron chi connectivity index (χ2n) is 6.40. The molecule has 120 valence electrons. The molecular formula is C18H21N3O2. The molecule has 0 radical (unpaired) electrons. The molecule has 0 atom stereocenters. The number of nitrogens with one attached hydrogen (secondary N) is 1. The van der Waals surface area contributed by atoms with Gasteiger partial charge in [-0.25, -0.2) is 9.97 Å². The highest BCUT2D eigenvalue weighted by Crippen LogP contribution is 2.35. The van der Waals surface area contributed by atoms with Gasteiger partial charge in [-0.2, -0.15) is 0 Å². The minimum atomic E-state index is -0.162. The van der Waals surface area contributed by atoms with Crippen molar-refractivity contribution >= 4 is 5.91 Å². The summed E-state index contributed by atoms with van der Waals surface area (Å²) in [7, 11) is 0. The quantitative estimate of drug-likeness (QED) is 0.943. The highest BCUT2D eigenvalue weighted by atomic mass is 16.5. The van der Waals surface area contributed by atoms with Gasteiger partial charge in [-0.3, -0.25) is 4.79 Å². The molecule has 0 saturated heterocycles. The maximum atomic E-state index is 12.1.